The number of allylic oxidation sites excluding steroid dienone is 2. The smallest absolute Gasteiger partial charge is 0.247 e. The maximum atomic E-state index is 11.6. The van der Waals surface area contributed by atoms with Crippen LogP contribution in [0.5, 0.6) is 0 Å². The van der Waals surface area contributed by atoms with Crippen molar-refractivity contribution in [3.05, 3.63) is 54.2 Å². The Balaban J connectivity index is 2.39. The maximum absolute atomic E-state index is 11.6. The van der Waals surface area contributed by atoms with E-state index in [0.717, 1.165) is 11.1 Å². The zero-order chi connectivity index (χ0) is 11.5. The van der Waals surface area contributed by atoms with Crippen LogP contribution in [0.2, 0.25) is 0 Å². The van der Waals surface area contributed by atoms with Crippen LogP contribution < -0.4 is 5.73 Å². The number of nitrogens with two attached hydrogens (primary N) is 1. The van der Waals surface area contributed by atoms with Crippen molar-refractivity contribution in [1.29, 1.82) is 0 Å². The fourth-order valence-corrected chi connectivity index (χ4v) is 1.64. The van der Waals surface area contributed by atoms with Crippen molar-refractivity contribution < 1.29 is 4.79 Å². The molecule has 1 amide bonds. The number of amides is 1. The van der Waals surface area contributed by atoms with Crippen molar-refractivity contribution in [1.82, 2.24) is 4.90 Å². The van der Waals surface area contributed by atoms with Gasteiger partial charge in [0.05, 0.1) is 0 Å². The van der Waals surface area contributed by atoms with Crippen LogP contribution in [-0.4, -0.2) is 23.9 Å². The first-order chi connectivity index (χ1) is 7.68. The van der Waals surface area contributed by atoms with E-state index in [9.17, 15) is 4.79 Å². The molecule has 0 bridgehead atoms. The normalized spacial score (nSPS) is 20.6. The molecule has 82 valence electrons. The van der Waals surface area contributed by atoms with Gasteiger partial charge < -0.3 is 10.6 Å². The summed E-state index contributed by atoms with van der Waals surface area (Å²) in [5, 5.41) is 0. The molecule has 1 atom stereocenters. The van der Waals surface area contributed by atoms with Crippen LogP contribution in [-0.2, 0) is 4.79 Å². The summed E-state index contributed by atoms with van der Waals surface area (Å²) in [6.07, 6.45) is 5.44. The molecule has 2 rings (SSSR count). The van der Waals surface area contributed by atoms with Crippen molar-refractivity contribution >= 4 is 11.5 Å². The molecule has 0 aliphatic carbocycles. The van der Waals surface area contributed by atoms with E-state index in [1.165, 1.54) is 4.90 Å². The number of hydrogen-bond donors (Lipinski definition) is 1. The Morgan fingerprint density at radius 3 is 2.62 bits per heavy atom. The van der Waals surface area contributed by atoms with Crippen molar-refractivity contribution in [2.75, 3.05) is 7.05 Å². The fraction of sp³-hybridized carbons (Fsp3) is 0.154. The average Bonchev–Trinajstić information content (AvgIpc) is 2.44. The van der Waals surface area contributed by atoms with Gasteiger partial charge in [0.2, 0.25) is 5.91 Å². The number of hydrogen-bond acceptors (Lipinski definition) is 2. The molecular weight excluding hydrogens is 200 g/mol. The second-order valence-electron chi connectivity index (χ2n) is 3.78. The SMILES string of the molecule is CN1C=CC(c2ccccc2)=CC(N)C1=O. The molecule has 1 aliphatic heterocycles. The average molecular weight is 214 g/mol. The molecule has 3 nitrogen and oxygen atoms in total. The predicted molar refractivity (Wildman–Crippen MR) is 64.3 cm³/mol. The Morgan fingerprint density at radius 2 is 1.94 bits per heavy atom. The summed E-state index contributed by atoms with van der Waals surface area (Å²) >= 11 is 0. The first kappa shape index (κ1) is 10.6. The highest BCUT2D eigenvalue weighted by Crippen LogP contribution is 2.18. The van der Waals surface area contributed by atoms with Gasteiger partial charge in [0.15, 0.2) is 0 Å². The van der Waals surface area contributed by atoms with Crippen molar-refractivity contribution in [2.45, 2.75) is 6.04 Å². The molecular formula is C13H14N2O. The van der Waals surface area contributed by atoms with Crippen LogP contribution in [0, 0.1) is 0 Å². The number of carbonyl (C=O) groups excluding carboxylic acids is 1. The van der Waals surface area contributed by atoms with E-state index < -0.39 is 6.04 Å². The van der Waals surface area contributed by atoms with Crippen LogP contribution in [0.1, 0.15) is 5.56 Å². The van der Waals surface area contributed by atoms with Gasteiger partial charge >= 0.3 is 0 Å². The molecule has 0 aromatic heterocycles. The third-order valence-electron chi connectivity index (χ3n) is 2.58. The summed E-state index contributed by atoms with van der Waals surface area (Å²) in [6, 6.07) is 9.31. The monoisotopic (exact) mass is 214 g/mol. The quantitative estimate of drug-likeness (QED) is 0.767. The van der Waals surface area contributed by atoms with Crippen molar-refractivity contribution in [2.24, 2.45) is 5.73 Å². The highest BCUT2D eigenvalue weighted by Gasteiger charge is 2.17. The highest BCUT2D eigenvalue weighted by molar-refractivity contribution is 5.90. The molecule has 0 fully saturated rings. The minimum Gasteiger partial charge on any atom is -0.320 e. The summed E-state index contributed by atoms with van der Waals surface area (Å²) in [4.78, 5) is 13.1. The first-order valence-electron chi connectivity index (χ1n) is 5.16. The molecule has 2 N–H and O–H groups in total. The molecule has 1 unspecified atom stereocenters. The standard InChI is InChI=1S/C13H14N2O/c1-15-8-7-11(9-12(14)13(15)16)10-5-3-2-4-6-10/h2-9,12H,14H2,1H3. The number of nitrogens with zero attached hydrogens (tertiary/aromatic N) is 1. The van der Waals surface area contributed by atoms with E-state index in [1.54, 1.807) is 19.3 Å². The minimum atomic E-state index is -0.574. The number of carbonyl (C=O) groups is 1. The van der Waals surface area contributed by atoms with E-state index in [2.05, 4.69) is 0 Å². The Kier molecular flexibility index (Phi) is 2.88. The molecule has 3 heteroatoms. The van der Waals surface area contributed by atoms with Crippen molar-refractivity contribution in [3.63, 3.8) is 0 Å². The Bertz CT molecular complexity index is 448. The summed E-state index contributed by atoms with van der Waals surface area (Å²) in [5.74, 6) is -0.0952. The molecule has 16 heavy (non-hydrogen) atoms. The van der Waals surface area contributed by atoms with Crippen LogP contribution in [0.25, 0.3) is 5.57 Å². The number of likely N-dealkylation sites (N-methyl/N-ethyl adjacent to an activating group) is 1. The van der Waals surface area contributed by atoms with Gasteiger partial charge in [-0.25, -0.2) is 0 Å². The fourth-order valence-electron chi connectivity index (χ4n) is 1.64. The third-order valence-corrected chi connectivity index (χ3v) is 2.58. The molecule has 0 saturated heterocycles. The lowest BCUT2D eigenvalue weighted by Crippen LogP contribution is -2.37. The Morgan fingerprint density at radius 1 is 1.25 bits per heavy atom. The van der Waals surface area contributed by atoms with Gasteiger partial charge in [-0.05, 0) is 17.2 Å². The summed E-state index contributed by atoms with van der Waals surface area (Å²) in [5.41, 5.74) is 7.83. The summed E-state index contributed by atoms with van der Waals surface area (Å²) < 4.78 is 0. The molecule has 1 aromatic carbocycles. The zero-order valence-corrected chi connectivity index (χ0v) is 9.13. The van der Waals surface area contributed by atoms with Gasteiger partial charge in [0.25, 0.3) is 0 Å². The van der Waals surface area contributed by atoms with Gasteiger partial charge in [-0.3, -0.25) is 4.79 Å². The first-order valence-corrected chi connectivity index (χ1v) is 5.16. The number of benzene rings is 1. The maximum Gasteiger partial charge on any atom is 0.247 e. The topological polar surface area (TPSA) is 46.3 Å². The summed E-state index contributed by atoms with van der Waals surface area (Å²) in [6.45, 7) is 0. The van der Waals surface area contributed by atoms with Crippen molar-refractivity contribution in [3.8, 4) is 0 Å². The number of rotatable bonds is 1. The zero-order valence-electron chi connectivity index (χ0n) is 9.13. The van der Waals surface area contributed by atoms with Gasteiger partial charge in [-0.15, -0.1) is 0 Å². The Labute approximate surface area is 94.9 Å². The van der Waals surface area contributed by atoms with Crippen LogP contribution >= 0.6 is 0 Å². The van der Waals surface area contributed by atoms with Crippen LogP contribution in [0.3, 0.4) is 0 Å². The lowest BCUT2D eigenvalue weighted by atomic mass is 10.0. The predicted octanol–water partition coefficient (Wildman–Crippen LogP) is 1.38. The van der Waals surface area contributed by atoms with Crippen LogP contribution in [0.4, 0.5) is 0 Å². The lowest BCUT2D eigenvalue weighted by molar-refractivity contribution is -0.127. The highest BCUT2D eigenvalue weighted by atomic mass is 16.2. The lowest BCUT2D eigenvalue weighted by Gasteiger charge is -2.12. The summed E-state index contributed by atoms with van der Waals surface area (Å²) in [7, 11) is 1.71. The Hall–Kier alpha value is -1.87. The van der Waals surface area contributed by atoms with E-state index in [1.807, 2.05) is 36.4 Å². The molecule has 0 radical (unpaired) electrons. The van der Waals surface area contributed by atoms with Gasteiger partial charge in [-0.1, -0.05) is 36.4 Å². The second kappa shape index (κ2) is 4.33. The van der Waals surface area contributed by atoms with E-state index >= 15 is 0 Å². The van der Waals surface area contributed by atoms with Gasteiger partial charge in [0, 0.05) is 13.2 Å². The molecule has 1 aliphatic rings. The van der Waals surface area contributed by atoms with Crippen LogP contribution in [0.15, 0.2) is 48.7 Å². The molecule has 0 saturated carbocycles. The third kappa shape index (κ3) is 2.04. The molecule has 1 heterocycles. The van der Waals surface area contributed by atoms with E-state index in [-0.39, 0.29) is 5.91 Å². The molecule has 1 aromatic rings. The second-order valence-corrected chi connectivity index (χ2v) is 3.78. The molecule has 0 spiro atoms. The van der Waals surface area contributed by atoms with Gasteiger partial charge in [-0.2, -0.15) is 0 Å². The van der Waals surface area contributed by atoms with Gasteiger partial charge in [0.1, 0.15) is 6.04 Å². The largest absolute Gasteiger partial charge is 0.320 e. The van der Waals surface area contributed by atoms with E-state index in [0.29, 0.717) is 0 Å². The van der Waals surface area contributed by atoms with E-state index in [4.69, 9.17) is 5.73 Å². The minimum absolute atomic E-state index is 0.0952.